The highest BCUT2D eigenvalue weighted by atomic mass is 16.2. The number of anilines is 3. The fraction of sp³-hybridized carbons (Fsp3) is 0.361. The van der Waals surface area contributed by atoms with Gasteiger partial charge in [-0.15, -0.1) is 0 Å². The number of imidazole rings is 1. The number of benzene rings is 3. The zero-order valence-electron chi connectivity index (χ0n) is 26.5. The van der Waals surface area contributed by atoms with E-state index in [4.69, 9.17) is 0 Å². The van der Waals surface area contributed by atoms with Crippen LogP contribution in [0, 0.1) is 0 Å². The number of fused-ring (bicyclic) bond motifs is 1. The van der Waals surface area contributed by atoms with E-state index < -0.39 is 0 Å². The van der Waals surface area contributed by atoms with Crippen LogP contribution in [0.3, 0.4) is 0 Å². The van der Waals surface area contributed by atoms with Gasteiger partial charge >= 0.3 is 0 Å². The van der Waals surface area contributed by atoms with E-state index in [1.54, 1.807) is 30.5 Å². The van der Waals surface area contributed by atoms with Gasteiger partial charge in [-0.3, -0.25) is 14.5 Å². The minimum atomic E-state index is -0.217. The first-order valence-corrected chi connectivity index (χ1v) is 15.7. The number of aryl methyl sites for hydroxylation is 1. The molecule has 0 saturated heterocycles. The summed E-state index contributed by atoms with van der Waals surface area (Å²) in [6.45, 7) is 14.4. The van der Waals surface area contributed by atoms with Gasteiger partial charge in [-0.25, -0.2) is 4.98 Å². The molecule has 0 bridgehead atoms. The molecule has 0 aliphatic carbocycles. The van der Waals surface area contributed by atoms with Gasteiger partial charge in [0.2, 0.25) is 0 Å². The molecule has 0 atom stereocenters. The van der Waals surface area contributed by atoms with Crippen LogP contribution in [0.1, 0.15) is 67.6 Å². The second-order valence-corrected chi connectivity index (χ2v) is 11.8. The number of amides is 2. The fourth-order valence-electron chi connectivity index (χ4n) is 6.15. The van der Waals surface area contributed by atoms with E-state index in [9.17, 15) is 9.59 Å². The maximum atomic E-state index is 13.9. The summed E-state index contributed by atoms with van der Waals surface area (Å²) in [7, 11) is 0. The van der Waals surface area contributed by atoms with Gasteiger partial charge in [-0.2, -0.15) is 0 Å². The Labute approximate surface area is 261 Å². The topological polar surface area (TPSA) is 73.7 Å². The molecule has 0 unspecified atom stereocenters. The molecule has 2 amide bonds. The van der Waals surface area contributed by atoms with Crippen molar-refractivity contribution in [2.75, 3.05) is 41.3 Å². The van der Waals surface area contributed by atoms with Crippen molar-refractivity contribution in [1.82, 2.24) is 14.5 Å². The summed E-state index contributed by atoms with van der Waals surface area (Å²) < 4.78 is 1.95. The molecule has 0 radical (unpaired) electrons. The van der Waals surface area contributed by atoms with E-state index in [2.05, 4.69) is 53.9 Å². The van der Waals surface area contributed by atoms with Crippen LogP contribution in [-0.2, 0) is 6.42 Å². The Bertz CT molecular complexity index is 1570. The normalized spacial score (nSPS) is 13.4. The Hall–Kier alpha value is -4.43. The minimum absolute atomic E-state index is 0.0410. The Morgan fingerprint density at radius 3 is 2.20 bits per heavy atom. The highest BCUT2D eigenvalue weighted by Gasteiger charge is 2.26. The predicted octanol–water partition coefficient (Wildman–Crippen LogP) is 6.66. The minimum Gasteiger partial charge on any atom is -0.368 e. The van der Waals surface area contributed by atoms with Crippen molar-refractivity contribution in [2.45, 2.75) is 59.5 Å². The zero-order chi connectivity index (χ0) is 31.2. The quantitative estimate of drug-likeness (QED) is 0.223. The number of nitrogens with zero attached hydrogens (tertiary/aromatic N) is 5. The Morgan fingerprint density at radius 1 is 0.864 bits per heavy atom. The number of hydrogen-bond acceptors (Lipinski definition) is 5. The number of carbonyl (C=O) groups excluding carboxylic acids is 2. The van der Waals surface area contributed by atoms with Gasteiger partial charge in [0, 0.05) is 68.3 Å². The molecule has 44 heavy (non-hydrogen) atoms. The lowest BCUT2D eigenvalue weighted by Gasteiger charge is -2.34. The van der Waals surface area contributed by atoms with E-state index in [-0.39, 0.29) is 11.8 Å². The Balaban J connectivity index is 1.31. The summed E-state index contributed by atoms with van der Waals surface area (Å²) in [5.74, 6) is 0.630. The summed E-state index contributed by atoms with van der Waals surface area (Å²) in [5.41, 5.74) is 4.58. The molecule has 1 aromatic heterocycles. The average Bonchev–Trinajstić information content (AvgIpc) is 3.43. The van der Waals surface area contributed by atoms with Crippen molar-refractivity contribution in [3.8, 4) is 5.69 Å². The van der Waals surface area contributed by atoms with Gasteiger partial charge in [0.1, 0.15) is 5.82 Å². The second-order valence-electron chi connectivity index (χ2n) is 11.8. The van der Waals surface area contributed by atoms with E-state index in [1.807, 2.05) is 65.1 Å². The smallest absolute Gasteiger partial charge is 0.258 e. The SMILES string of the molecule is CCc1nccn1-c1ccccc1C(=O)Nc1ccc(C(=O)N2CCCN(CCN(C(C)C)C(C)C)c3ccccc32)cc1. The fourth-order valence-corrected chi connectivity index (χ4v) is 6.15. The Kier molecular flexibility index (Phi) is 9.80. The highest BCUT2D eigenvalue weighted by Crippen LogP contribution is 2.33. The predicted molar refractivity (Wildman–Crippen MR) is 179 cm³/mol. The third kappa shape index (κ3) is 6.70. The van der Waals surface area contributed by atoms with E-state index >= 15 is 0 Å². The van der Waals surface area contributed by atoms with Crippen LogP contribution in [0.15, 0.2) is 85.2 Å². The first kappa shape index (κ1) is 31.0. The molecule has 2 heterocycles. The third-order valence-electron chi connectivity index (χ3n) is 8.35. The van der Waals surface area contributed by atoms with Crippen molar-refractivity contribution in [3.05, 3.63) is 102 Å². The summed E-state index contributed by atoms with van der Waals surface area (Å²) in [4.78, 5) is 38.4. The molecule has 1 N–H and O–H groups in total. The van der Waals surface area contributed by atoms with Gasteiger partial charge in [0.25, 0.3) is 11.8 Å². The number of aromatic nitrogens is 2. The van der Waals surface area contributed by atoms with Crippen LogP contribution in [0.5, 0.6) is 0 Å². The summed E-state index contributed by atoms with van der Waals surface area (Å²) in [6.07, 6.45) is 5.26. The Morgan fingerprint density at radius 2 is 1.52 bits per heavy atom. The van der Waals surface area contributed by atoms with Gasteiger partial charge < -0.3 is 19.7 Å². The van der Waals surface area contributed by atoms with Crippen molar-refractivity contribution in [1.29, 1.82) is 0 Å². The van der Waals surface area contributed by atoms with Crippen molar-refractivity contribution >= 4 is 28.9 Å². The highest BCUT2D eigenvalue weighted by molar-refractivity contribution is 6.09. The molecule has 230 valence electrons. The van der Waals surface area contributed by atoms with Crippen molar-refractivity contribution in [2.24, 2.45) is 0 Å². The summed E-state index contributed by atoms with van der Waals surface area (Å²) in [5, 5.41) is 3.01. The van der Waals surface area contributed by atoms with Crippen LogP contribution in [0.4, 0.5) is 17.1 Å². The molecule has 4 aromatic rings. The maximum Gasteiger partial charge on any atom is 0.258 e. The van der Waals surface area contributed by atoms with E-state index in [1.165, 1.54) is 0 Å². The van der Waals surface area contributed by atoms with Crippen molar-refractivity contribution < 1.29 is 9.59 Å². The van der Waals surface area contributed by atoms with Gasteiger partial charge in [0.15, 0.2) is 0 Å². The van der Waals surface area contributed by atoms with Gasteiger partial charge in [0.05, 0.1) is 22.6 Å². The average molecular weight is 593 g/mol. The molecular weight excluding hydrogens is 548 g/mol. The molecular formula is C36H44N6O2. The largest absolute Gasteiger partial charge is 0.368 e. The van der Waals surface area contributed by atoms with Crippen LogP contribution in [-0.4, -0.2) is 64.5 Å². The number of carbonyl (C=O) groups is 2. The number of nitrogens with one attached hydrogen (secondary N) is 1. The lowest BCUT2D eigenvalue weighted by Crippen LogP contribution is -2.42. The third-order valence-corrected chi connectivity index (χ3v) is 8.35. The number of rotatable bonds is 10. The maximum absolute atomic E-state index is 13.9. The van der Waals surface area contributed by atoms with E-state index in [0.717, 1.165) is 55.4 Å². The molecule has 1 aliphatic rings. The molecule has 8 nitrogen and oxygen atoms in total. The zero-order valence-corrected chi connectivity index (χ0v) is 26.5. The molecule has 1 aliphatic heterocycles. The molecule has 0 fully saturated rings. The summed E-state index contributed by atoms with van der Waals surface area (Å²) >= 11 is 0. The summed E-state index contributed by atoms with van der Waals surface area (Å²) in [6, 6.07) is 23.9. The first-order chi connectivity index (χ1) is 21.3. The standard InChI is InChI=1S/C36H44N6O2/c1-6-34-37-20-23-41(34)31-13-8-7-12-30(31)35(43)38-29-18-16-28(17-19-29)36(44)42-22-11-21-39(32-14-9-10-15-33(32)42)24-25-40(26(2)3)27(4)5/h7-10,12-20,23,26-27H,6,11,21-22,24-25H2,1-5H3,(H,38,43). The van der Waals surface area contributed by atoms with Crippen LogP contribution in [0.25, 0.3) is 5.69 Å². The number of para-hydroxylation sites is 3. The van der Waals surface area contributed by atoms with Crippen LogP contribution < -0.4 is 15.1 Å². The van der Waals surface area contributed by atoms with E-state index in [0.29, 0.717) is 35.4 Å². The molecule has 3 aromatic carbocycles. The van der Waals surface area contributed by atoms with Crippen molar-refractivity contribution in [3.63, 3.8) is 0 Å². The molecule has 5 rings (SSSR count). The second kappa shape index (κ2) is 13.9. The first-order valence-electron chi connectivity index (χ1n) is 15.7. The molecule has 0 spiro atoms. The van der Waals surface area contributed by atoms with Gasteiger partial charge in [-0.1, -0.05) is 31.2 Å². The van der Waals surface area contributed by atoms with Gasteiger partial charge in [-0.05, 0) is 82.6 Å². The monoisotopic (exact) mass is 592 g/mol. The molecule has 8 heteroatoms. The van der Waals surface area contributed by atoms with Crippen LogP contribution >= 0.6 is 0 Å². The molecule has 0 saturated carbocycles. The number of hydrogen-bond donors (Lipinski definition) is 1. The lowest BCUT2D eigenvalue weighted by molar-refractivity contribution is 0.0986. The van der Waals surface area contributed by atoms with Crippen LogP contribution in [0.2, 0.25) is 0 Å². The lowest BCUT2D eigenvalue weighted by atomic mass is 10.1.